The van der Waals surface area contributed by atoms with Gasteiger partial charge in [-0.15, -0.1) is 0 Å². The fourth-order valence-electron chi connectivity index (χ4n) is 3.10. The predicted molar refractivity (Wildman–Crippen MR) is 105 cm³/mol. The number of nitro groups is 1. The first kappa shape index (κ1) is 18.5. The van der Waals surface area contributed by atoms with Crippen LogP contribution in [-0.2, 0) is 6.54 Å². The van der Waals surface area contributed by atoms with E-state index >= 15 is 0 Å². The molecule has 0 unspecified atom stereocenters. The van der Waals surface area contributed by atoms with Crippen molar-refractivity contribution in [2.45, 2.75) is 13.5 Å². The van der Waals surface area contributed by atoms with E-state index in [0.29, 0.717) is 47.2 Å². The molecule has 3 aromatic rings. The van der Waals surface area contributed by atoms with Gasteiger partial charge in [-0.25, -0.2) is 0 Å². The van der Waals surface area contributed by atoms with Crippen LogP contribution in [0.25, 0.3) is 0 Å². The summed E-state index contributed by atoms with van der Waals surface area (Å²) in [6, 6.07) is 13.7. The van der Waals surface area contributed by atoms with Crippen molar-refractivity contribution in [1.29, 1.82) is 0 Å². The summed E-state index contributed by atoms with van der Waals surface area (Å²) in [5.74, 6) is 0.713. The molecule has 0 spiro atoms. The number of carbonyl (C=O) groups excluding carboxylic acids is 1. The smallest absolute Gasteiger partial charge is 0.390 e. The number of rotatable bonds is 5. The fraction of sp³-hybridized carbons (Fsp3) is 0.200. The molecule has 0 fully saturated rings. The number of nitrogens with zero attached hydrogens (tertiary/aromatic N) is 3. The molecule has 9 heteroatoms. The van der Waals surface area contributed by atoms with Gasteiger partial charge in [-0.2, -0.15) is 4.68 Å². The summed E-state index contributed by atoms with van der Waals surface area (Å²) in [6.07, 6.45) is 0. The highest BCUT2D eigenvalue weighted by molar-refractivity contribution is 6.05. The van der Waals surface area contributed by atoms with Crippen LogP contribution in [0.15, 0.2) is 48.5 Å². The summed E-state index contributed by atoms with van der Waals surface area (Å²) in [4.78, 5) is 23.3. The number of hydrogen-bond acceptors (Lipinski definition) is 6. The van der Waals surface area contributed by atoms with Crippen molar-refractivity contribution in [3.8, 4) is 11.5 Å². The molecule has 0 radical (unpaired) electrons. The van der Waals surface area contributed by atoms with Crippen LogP contribution >= 0.6 is 0 Å². The fourth-order valence-corrected chi connectivity index (χ4v) is 3.10. The Balaban J connectivity index is 1.56. The third-order valence-corrected chi connectivity index (χ3v) is 4.54. The van der Waals surface area contributed by atoms with Crippen LogP contribution in [0.3, 0.4) is 0 Å². The maximum absolute atomic E-state index is 12.9. The third-order valence-electron chi connectivity index (χ3n) is 4.54. The molecule has 0 atom stereocenters. The van der Waals surface area contributed by atoms with Gasteiger partial charge in [0.2, 0.25) is 0 Å². The molecule has 148 valence electrons. The molecule has 1 amide bonds. The molecule has 1 N–H and O–H groups in total. The molecule has 0 saturated heterocycles. The first-order valence-electron chi connectivity index (χ1n) is 8.99. The second-order valence-electron chi connectivity index (χ2n) is 6.53. The Hall–Kier alpha value is -3.88. The van der Waals surface area contributed by atoms with Gasteiger partial charge in [0.1, 0.15) is 13.2 Å². The van der Waals surface area contributed by atoms with Crippen molar-refractivity contribution in [1.82, 2.24) is 9.78 Å². The van der Waals surface area contributed by atoms with Gasteiger partial charge in [0.25, 0.3) is 5.91 Å². The predicted octanol–water partition coefficient (Wildman–Crippen LogP) is 3.17. The van der Waals surface area contributed by atoms with E-state index in [1.165, 1.54) is 10.7 Å². The summed E-state index contributed by atoms with van der Waals surface area (Å²) in [7, 11) is 0. The first-order chi connectivity index (χ1) is 14.0. The lowest BCUT2D eigenvalue weighted by Crippen LogP contribution is -2.18. The van der Waals surface area contributed by atoms with E-state index in [9.17, 15) is 14.9 Å². The number of nitrogens with one attached hydrogen (secondary N) is 1. The molecule has 1 aliphatic heterocycles. The lowest BCUT2D eigenvalue weighted by atomic mass is 10.1. The topological polar surface area (TPSA) is 109 Å². The number of fused-ring (bicyclic) bond motifs is 1. The highest BCUT2D eigenvalue weighted by Crippen LogP contribution is 2.32. The number of aryl methyl sites for hydroxylation is 1. The molecular weight excluding hydrogens is 376 g/mol. The van der Waals surface area contributed by atoms with Crippen molar-refractivity contribution in [3.05, 3.63) is 75.5 Å². The average Bonchev–Trinajstić information content (AvgIpc) is 3.09. The van der Waals surface area contributed by atoms with Gasteiger partial charge in [-0.05, 0) is 35.6 Å². The highest BCUT2D eigenvalue weighted by Gasteiger charge is 2.19. The third kappa shape index (κ3) is 3.88. The molecule has 9 nitrogen and oxygen atoms in total. The van der Waals surface area contributed by atoms with Crippen LogP contribution in [0.2, 0.25) is 0 Å². The largest absolute Gasteiger partial charge is 0.486 e. The normalized spacial score (nSPS) is 12.4. The minimum atomic E-state index is -0.538. The van der Waals surface area contributed by atoms with Crippen molar-refractivity contribution in [2.75, 3.05) is 18.5 Å². The average molecular weight is 394 g/mol. The van der Waals surface area contributed by atoms with Gasteiger partial charge in [0.05, 0.1) is 23.4 Å². The van der Waals surface area contributed by atoms with Crippen LogP contribution in [0.1, 0.15) is 21.6 Å². The zero-order valence-electron chi connectivity index (χ0n) is 15.6. The zero-order chi connectivity index (χ0) is 20.4. The van der Waals surface area contributed by atoms with E-state index in [2.05, 4.69) is 10.4 Å². The Labute approximate surface area is 166 Å². The van der Waals surface area contributed by atoms with E-state index in [-0.39, 0.29) is 18.3 Å². The summed E-state index contributed by atoms with van der Waals surface area (Å²) in [5, 5.41) is 17.8. The molecule has 2 aromatic carbocycles. The van der Waals surface area contributed by atoms with Crippen molar-refractivity contribution in [2.24, 2.45) is 0 Å². The molecule has 4 rings (SSSR count). The van der Waals surface area contributed by atoms with Gasteiger partial charge in [-0.3, -0.25) is 4.79 Å². The minimum absolute atomic E-state index is 0.222. The number of hydrogen-bond donors (Lipinski definition) is 1. The monoisotopic (exact) mass is 394 g/mol. The molecule has 0 aliphatic carbocycles. The molecule has 0 saturated carbocycles. The second kappa shape index (κ2) is 7.63. The Morgan fingerprint density at radius 1 is 1.17 bits per heavy atom. The summed E-state index contributed by atoms with van der Waals surface area (Å²) in [6.45, 7) is 2.93. The van der Waals surface area contributed by atoms with Gasteiger partial charge in [-0.1, -0.05) is 18.2 Å². The van der Waals surface area contributed by atoms with Crippen LogP contribution < -0.4 is 14.8 Å². The molecule has 1 aliphatic rings. The van der Waals surface area contributed by atoms with E-state index in [0.717, 1.165) is 0 Å². The van der Waals surface area contributed by atoms with Crippen molar-refractivity contribution in [3.63, 3.8) is 0 Å². The van der Waals surface area contributed by atoms with Gasteiger partial charge in [0, 0.05) is 17.3 Å². The van der Waals surface area contributed by atoms with E-state index < -0.39 is 4.92 Å². The van der Waals surface area contributed by atoms with Gasteiger partial charge >= 0.3 is 5.82 Å². The first-order valence-corrected chi connectivity index (χ1v) is 8.99. The number of carbonyl (C=O) groups is 1. The number of aromatic nitrogens is 2. The molecular formula is C20H18N4O5. The SMILES string of the molecule is Cc1cc([N+](=O)[O-])nn1Cc1ccccc1C(=O)Nc1ccc2c(c1)OCCO2. The maximum atomic E-state index is 12.9. The summed E-state index contributed by atoms with van der Waals surface area (Å²) in [5.41, 5.74) is 2.38. The Morgan fingerprint density at radius 3 is 2.69 bits per heavy atom. The lowest BCUT2D eigenvalue weighted by molar-refractivity contribution is -0.389. The van der Waals surface area contributed by atoms with Crippen LogP contribution in [0.5, 0.6) is 11.5 Å². The lowest BCUT2D eigenvalue weighted by Gasteiger charge is -2.19. The molecule has 0 bridgehead atoms. The summed E-state index contributed by atoms with van der Waals surface area (Å²) >= 11 is 0. The van der Waals surface area contributed by atoms with Crippen molar-refractivity contribution < 1.29 is 19.2 Å². The standard InChI is InChI=1S/C20H18N4O5/c1-13-10-19(24(26)27)22-23(13)12-14-4-2-3-5-16(14)20(25)21-15-6-7-17-18(11-15)29-9-8-28-17/h2-7,10-11H,8-9,12H2,1H3,(H,21,25). The zero-order valence-corrected chi connectivity index (χ0v) is 15.6. The van der Waals surface area contributed by atoms with Gasteiger partial charge < -0.3 is 24.9 Å². The number of ether oxygens (including phenoxy) is 2. The number of amides is 1. The van der Waals surface area contributed by atoms with Gasteiger partial charge in [0.15, 0.2) is 11.5 Å². The van der Waals surface area contributed by atoms with Crippen LogP contribution in [0.4, 0.5) is 11.5 Å². The van der Waals surface area contributed by atoms with E-state index in [1.54, 1.807) is 43.3 Å². The van der Waals surface area contributed by atoms with E-state index in [1.807, 2.05) is 6.07 Å². The Kier molecular flexibility index (Phi) is 4.86. The molecule has 29 heavy (non-hydrogen) atoms. The number of anilines is 1. The van der Waals surface area contributed by atoms with Crippen molar-refractivity contribution >= 4 is 17.4 Å². The Bertz CT molecular complexity index is 1090. The van der Waals surface area contributed by atoms with E-state index in [4.69, 9.17) is 9.47 Å². The maximum Gasteiger partial charge on any atom is 0.390 e. The number of benzene rings is 2. The quantitative estimate of drug-likeness (QED) is 0.526. The second-order valence-corrected chi connectivity index (χ2v) is 6.53. The Morgan fingerprint density at radius 2 is 1.93 bits per heavy atom. The molecule has 1 aromatic heterocycles. The minimum Gasteiger partial charge on any atom is -0.486 e. The highest BCUT2D eigenvalue weighted by atomic mass is 16.6. The summed E-state index contributed by atoms with van der Waals surface area (Å²) < 4.78 is 12.5. The van der Waals surface area contributed by atoms with Crippen LogP contribution in [0, 0.1) is 17.0 Å². The van der Waals surface area contributed by atoms with Crippen LogP contribution in [-0.4, -0.2) is 33.8 Å². The molecule has 2 heterocycles.